The van der Waals surface area contributed by atoms with Gasteiger partial charge in [0.1, 0.15) is 0 Å². The molecule has 1 atom stereocenters. The van der Waals surface area contributed by atoms with Gasteiger partial charge >= 0.3 is 0 Å². The van der Waals surface area contributed by atoms with Gasteiger partial charge in [-0.25, -0.2) is 0 Å². The first-order valence-electron chi connectivity index (χ1n) is 6.84. The Morgan fingerprint density at radius 2 is 1.81 bits per heavy atom. The highest BCUT2D eigenvalue weighted by Gasteiger charge is 2.36. The summed E-state index contributed by atoms with van der Waals surface area (Å²) in [5, 5.41) is 0. The van der Waals surface area contributed by atoms with Crippen molar-refractivity contribution < 1.29 is 13.2 Å². The highest BCUT2D eigenvalue weighted by atomic mass is 32.2. The molecule has 1 aliphatic heterocycles. The zero-order valence-corrected chi connectivity index (χ0v) is 13.4. The summed E-state index contributed by atoms with van der Waals surface area (Å²) in [5.74, 6) is -0.0363. The van der Waals surface area contributed by atoms with Gasteiger partial charge in [-0.15, -0.1) is 0 Å². The first-order chi connectivity index (χ1) is 9.84. The van der Waals surface area contributed by atoms with E-state index in [9.17, 15) is 13.2 Å². The largest absolute Gasteiger partial charge is 0.333 e. The van der Waals surface area contributed by atoms with Crippen LogP contribution in [0, 0.1) is 0 Å². The smallest absolute Gasteiger partial charge is 0.281 e. The van der Waals surface area contributed by atoms with Crippen LogP contribution < -0.4 is 0 Å². The second kappa shape index (κ2) is 6.13. The predicted molar refractivity (Wildman–Crippen MR) is 80.7 cm³/mol. The lowest BCUT2D eigenvalue weighted by atomic mass is 10.0. The third-order valence-corrected chi connectivity index (χ3v) is 5.63. The SMILES string of the molecule is CC(=O)N1CCN(S(=O)(=O)N(C)C)C[C@H]1c1ccccc1. The Morgan fingerprint density at radius 1 is 1.19 bits per heavy atom. The van der Waals surface area contributed by atoms with Crippen LogP contribution in [0.2, 0.25) is 0 Å². The lowest BCUT2D eigenvalue weighted by Gasteiger charge is -2.41. The van der Waals surface area contributed by atoms with E-state index in [1.165, 1.54) is 29.6 Å². The molecule has 0 N–H and O–H groups in total. The number of rotatable bonds is 3. The fourth-order valence-corrected chi connectivity index (χ4v) is 3.64. The van der Waals surface area contributed by atoms with E-state index in [1.54, 1.807) is 4.90 Å². The normalized spacial score (nSPS) is 20.8. The number of nitrogens with zero attached hydrogens (tertiary/aromatic N) is 3. The molecule has 1 fully saturated rings. The van der Waals surface area contributed by atoms with Crippen LogP contribution in [0.4, 0.5) is 0 Å². The zero-order chi connectivity index (χ0) is 15.6. The fraction of sp³-hybridized carbons (Fsp3) is 0.500. The monoisotopic (exact) mass is 311 g/mol. The maximum atomic E-state index is 12.3. The Bertz CT molecular complexity index is 601. The summed E-state index contributed by atoms with van der Waals surface area (Å²) in [6, 6.07) is 9.30. The summed E-state index contributed by atoms with van der Waals surface area (Å²) >= 11 is 0. The van der Waals surface area contributed by atoms with Gasteiger partial charge in [0, 0.05) is 40.7 Å². The van der Waals surface area contributed by atoms with Crippen molar-refractivity contribution in [2.75, 3.05) is 33.7 Å². The summed E-state index contributed by atoms with van der Waals surface area (Å²) in [5.41, 5.74) is 0.950. The number of hydrogen-bond acceptors (Lipinski definition) is 3. The first kappa shape index (κ1) is 15.9. The molecular weight excluding hydrogens is 290 g/mol. The van der Waals surface area contributed by atoms with Gasteiger partial charge < -0.3 is 4.90 Å². The zero-order valence-electron chi connectivity index (χ0n) is 12.6. The maximum Gasteiger partial charge on any atom is 0.281 e. The Kier molecular flexibility index (Phi) is 4.65. The van der Waals surface area contributed by atoms with E-state index >= 15 is 0 Å². The molecule has 7 heteroatoms. The van der Waals surface area contributed by atoms with Gasteiger partial charge in [-0.2, -0.15) is 17.0 Å². The second-order valence-electron chi connectivity index (χ2n) is 5.29. The highest BCUT2D eigenvalue weighted by molar-refractivity contribution is 7.86. The molecule has 1 aromatic rings. The van der Waals surface area contributed by atoms with Crippen molar-refractivity contribution in [3.8, 4) is 0 Å². The quantitative estimate of drug-likeness (QED) is 0.825. The number of piperazine rings is 1. The summed E-state index contributed by atoms with van der Waals surface area (Å²) in [6.45, 7) is 2.53. The van der Waals surface area contributed by atoms with E-state index in [0.717, 1.165) is 5.56 Å². The van der Waals surface area contributed by atoms with E-state index in [1.807, 2.05) is 30.3 Å². The number of benzene rings is 1. The molecule has 0 aromatic heterocycles. The van der Waals surface area contributed by atoms with Gasteiger partial charge in [0.05, 0.1) is 6.04 Å². The van der Waals surface area contributed by atoms with Gasteiger partial charge in [-0.05, 0) is 5.56 Å². The van der Waals surface area contributed by atoms with Gasteiger partial charge in [-0.1, -0.05) is 30.3 Å². The van der Waals surface area contributed by atoms with Gasteiger partial charge in [0.2, 0.25) is 5.91 Å². The van der Waals surface area contributed by atoms with Crippen molar-refractivity contribution in [1.82, 2.24) is 13.5 Å². The third kappa shape index (κ3) is 3.25. The van der Waals surface area contributed by atoms with Crippen LogP contribution in [0.1, 0.15) is 18.5 Å². The van der Waals surface area contributed by atoms with Crippen LogP contribution in [0.5, 0.6) is 0 Å². The average Bonchev–Trinajstić information content (AvgIpc) is 2.47. The molecule has 0 bridgehead atoms. The Morgan fingerprint density at radius 3 is 2.33 bits per heavy atom. The van der Waals surface area contributed by atoms with E-state index in [-0.39, 0.29) is 18.5 Å². The van der Waals surface area contributed by atoms with Gasteiger partial charge in [-0.3, -0.25) is 4.79 Å². The minimum absolute atomic E-state index is 0.0363. The van der Waals surface area contributed by atoms with Crippen LogP contribution in [0.3, 0.4) is 0 Å². The highest BCUT2D eigenvalue weighted by Crippen LogP contribution is 2.27. The van der Waals surface area contributed by atoms with Crippen molar-refractivity contribution in [3.05, 3.63) is 35.9 Å². The molecule has 2 rings (SSSR count). The molecule has 0 saturated carbocycles. The van der Waals surface area contributed by atoms with Gasteiger partial charge in [0.25, 0.3) is 10.2 Å². The van der Waals surface area contributed by atoms with Crippen LogP contribution in [-0.4, -0.2) is 61.6 Å². The maximum absolute atomic E-state index is 12.3. The standard InChI is InChI=1S/C14H21N3O3S/c1-12(18)17-10-9-16(21(19,20)15(2)3)11-14(17)13-7-5-4-6-8-13/h4-8,14H,9-11H2,1-3H3/t14-/m0/s1. The molecular formula is C14H21N3O3S. The molecule has 0 aliphatic carbocycles. The summed E-state index contributed by atoms with van der Waals surface area (Å²) in [4.78, 5) is 13.6. The summed E-state index contributed by atoms with van der Waals surface area (Å²) < 4.78 is 27.2. The molecule has 1 aromatic carbocycles. The van der Waals surface area contributed by atoms with Crippen LogP contribution in [0.15, 0.2) is 30.3 Å². The minimum atomic E-state index is -3.46. The van der Waals surface area contributed by atoms with Crippen molar-refractivity contribution in [1.29, 1.82) is 0 Å². The van der Waals surface area contributed by atoms with E-state index < -0.39 is 10.2 Å². The molecule has 6 nitrogen and oxygen atoms in total. The van der Waals surface area contributed by atoms with Gasteiger partial charge in [0.15, 0.2) is 0 Å². The molecule has 1 amide bonds. The van der Waals surface area contributed by atoms with Crippen LogP contribution >= 0.6 is 0 Å². The third-order valence-electron chi connectivity index (χ3n) is 3.72. The molecule has 21 heavy (non-hydrogen) atoms. The fourth-order valence-electron chi connectivity index (χ4n) is 2.54. The lowest BCUT2D eigenvalue weighted by molar-refractivity contribution is -0.133. The molecule has 0 spiro atoms. The molecule has 1 heterocycles. The number of carbonyl (C=O) groups excluding carboxylic acids is 1. The second-order valence-corrected chi connectivity index (χ2v) is 7.43. The van der Waals surface area contributed by atoms with E-state index in [0.29, 0.717) is 13.1 Å². The average molecular weight is 311 g/mol. The van der Waals surface area contributed by atoms with E-state index in [4.69, 9.17) is 0 Å². The Hall–Kier alpha value is -1.44. The first-order valence-corrected chi connectivity index (χ1v) is 8.23. The molecule has 0 radical (unpaired) electrons. The molecule has 1 saturated heterocycles. The number of amides is 1. The molecule has 1 aliphatic rings. The van der Waals surface area contributed by atoms with Crippen molar-refractivity contribution in [3.63, 3.8) is 0 Å². The Balaban J connectivity index is 2.31. The topological polar surface area (TPSA) is 60.9 Å². The van der Waals surface area contributed by atoms with Crippen molar-refractivity contribution >= 4 is 16.1 Å². The number of hydrogen-bond donors (Lipinski definition) is 0. The predicted octanol–water partition coefficient (Wildman–Crippen LogP) is 0.698. The Labute approximate surface area is 126 Å². The van der Waals surface area contributed by atoms with Crippen LogP contribution in [0.25, 0.3) is 0 Å². The summed E-state index contributed by atoms with van der Waals surface area (Å²) in [6.07, 6.45) is 0. The van der Waals surface area contributed by atoms with Crippen molar-refractivity contribution in [2.24, 2.45) is 0 Å². The van der Waals surface area contributed by atoms with Crippen molar-refractivity contribution in [2.45, 2.75) is 13.0 Å². The van der Waals surface area contributed by atoms with Crippen LogP contribution in [-0.2, 0) is 15.0 Å². The molecule has 116 valence electrons. The number of carbonyl (C=O) groups is 1. The lowest BCUT2D eigenvalue weighted by Crippen LogP contribution is -2.54. The summed E-state index contributed by atoms with van der Waals surface area (Å²) in [7, 11) is -0.425. The minimum Gasteiger partial charge on any atom is -0.333 e. The van der Waals surface area contributed by atoms with E-state index in [2.05, 4.69) is 0 Å². The molecule has 0 unspecified atom stereocenters.